The number of hydrogen-bond acceptors (Lipinski definition) is 6. The zero-order valence-corrected chi connectivity index (χ0v) is 15.0. The van der Waals surface area contributed by atoms with Gasteiger partial charge in [0.2, 0.25) is 0 Å². The smallest absolute Gasteiger partial charge is 0.198 e. The lowest BCUT2D eigenvalue weighted by molar-refractivity contribution is 0.103. The standard InChI is InChI=1S/C18H17N3O4S/c1-25-14-7-3-12(4-8-14)17(22)16-11-20-21(18(16)19)13-5-9-15(10-6-13)26(2,23)24/h3-11H,19H2,1-2H3. The fourth-order valence-corrected chi connectivity index (χ4v) is 3.10. The van der Waals surface area contributed by atoms with Crippen LogP contribution in [0.2, 0.25) is 0 Å². The van der Waals surface area contributed by atoms with Crippen molar-refractivity contribution in [3.8, 4) is 11.4 Å². The van der Waals surface area contributed by atoms with Crippen molar-refractivity contribution in [2.75, 3.05) is 19.1 Å². The molecule has 7 nitrogen and oxygen atoms in total. The number of anilines is 1. The molecule has 0 saturated carbocycles. The first-order chi connectivity index (χ1) is 12.3. The molecule has 2 N–H and O–H groups in total. The minimum atomic E-state index is -3.29. The first-order valence-electron chi connectivity index (χ1n) is 7.64. The Hall–Kier alpha value is -3.13. The molecule has 0 amide bonds. The number of benzene rings is 2. The fraction of sp³-hybridized carbons (Fsp3) is 0.111. The largest absolute Gasteiger partial charge is 0.497 e. The average molecular weight is 371 g/mol. The molecule has 1 aromatic heterocycles. The molecule has 0 aliphatic carbocycles. The predicted octanol–water partition coefficient (Wildman–Crippen LogP) is 2.10. The van der Waals surface area contributed by atoms with Gasteiger partial charge in [-0.1, -0.05) is 0 Å². The van der Waals surface area contributed by atoms with E-state index in [1.807, 2.05) is 0 Å². The van der Waals surface area contributed by atoms with Gasteiger partial charge in [-0.15, -0.1) is 0 Å². The van der Waals surface area contributed by atoms with Crippen molar-refractivity contribution in [1.82, 2.24) is 9.78 Å². The quantitative estimate of drug-likeness (QED) is 0.689. The third-order valence-electron chi connectivity index (χ3n) is 3.91. The molecule has 3 rings (SSSR count). The molecule has 0 fully saturated rings. The Kier molecular flexibility index (Phi) is 4.52. The molecule has 0 aliphatic heterocycles. The summed E-state index contributed by atoms with van der Waals surface area (Å²) in [6, 6.07) is 12.8. The lowest BCUT2D eigenvalue weighted by atomic mass is 10.1. The van der Waals surface area contributed by atoms with Gasteiger partial charge in [0.1, 0.15) is 11.6 Å². The molecule has 0 saturated heterocycles. The Morgan fingerprint density at radius 1 is 1.08 bits per heavy atom. The average Bonchev–Trinajstić information content (AvgIpc) is 3.02. The van der Waals surface area contributed by atoms with Crippen LogP contribution in [0.25, 0.3) is 5.69 Å². The monoisotopic (exact) mass is 371 g/mol. The van der Waals surface area contributed by atoms with Crippen molar-refractivity contribution < 1.29 is 17.9 Å². The number of nitrogens with two attached hydrogens (primary N) is 1. The van der Waals surface area contributed by atoms with E-state index in [-0.39, 0.29) is 22.1 Å². The van der Waals surface area contributed by atoms with Crippen LogP contribution in [0.5, 0.6) is 5.75 Å². The maximum absolute atomic E-state index is 12.6. The molecule has 26 heavy (non-hydrogen) atoms. The maximum Gasteiger partial charge on any atom is 0.198 e. The van der Waals surface area contributed by atoms with Crippen molar-refractivity contribution in [3.63, 3.8) is 0 Å². The van der Waals surface area contributed by atoms with E-state index in [9.17, 15) is 13.2 Å². The van der Waals surface area contributed by atoms with Crippen molar-refractivity contribution >= 4 is 21.4 Å². The highest BCUT2D eigenvalue weighted by Crippen LogP contribution is 2.22. The second-order valence-electron chi connectivity index (χ2n) is 5.68. The van der Waals surface area contributed by atoms with E-state index in [0.717, 1.165) is 6.26 Å². The van der Waals surface area contributed by atoms with E-state index in [2.05, 4.69) is 5.10 Å². The van der Waals surface area contributed by atoms with Crippen LogP contribution in [-0.4, -0.2) is 37.3 Å². The van der Waals surface area contributed by atoms with Gasteiger partial charge in [-0.05, 0) is 48.5 Å². The topological polar surface area (TPSA) is 104 Å². The molecule has 0 unspecified atom stereocenters. The van der Waals surface area contributed by atoms with Crippen LogP contribution in [0.3, 0.4) is 0 Å². The number of aromatic nitrogens is 2. The van der Waals surface area contributed by atoms with E-state index < -0.39 is 9.84 Å². The number of sulfone groups is 1. The Morgan fingerprint density at radius 2 is 1.69 bits per heavy atom. The molecule has 0 aliphatic rings. The van der Waals surface area contributed by atoms with Crippen molar-refractivity contribution in [2.45, 2.75) is 4.90 Å². The number of ketones is 1. The third-order valence-corrected chi connectivity index (χ3v) is 5.04. The summed E-state index contributed by atoms with van der Waals surface area (Å²) in [5.74, 6) is 0.568. The van der Waals surface area contributed by atoms with Gasteiger partial charge >= 0.3 is 0 Å². The van der Waals surface area contributed by atoms with Crippen LogP contribution < -0.4 is 10.5 Å². The minimum absolute atomic E-state index is 0.179. The zero-order chi connectivity index (χ0) is 18.9. The molecule has 0 spiro atoms. The van der Waals surface area contributed by atoms with Gasteiger partial charge in [0, 0.05) is 11.8 Å². The van der Waals surface area contributed by atoms with Gasteiger partial charge < -0.3 is 10.5 Å². The molecule has 3 aromatic rings. The van der Waals surface area contributed by atoms with Crippen molar-refractivity contribution in [3.05, 3.63) is 65.9 Å². The molecule has 1 heterocycles. The predicted molar refractivity (Wildman–Crippen MR) is 97.5 cm³/mol. The Balaban J connectivity index is 1.93. The lowest BCUT2D eigenvalue weighted by Crippen LogP contribution is -2.07. The third kappa shape index (κ3) is 3.31. The van der Waals surface area contributed by atoms with E-state index >= 15 is 0 Å². The van der Waals surface area contributed by atoms with Crippen LogP contribution in [0, 0.1) is 0 Å². The van der Waals surface area contributed by atoms with Gasteiger partial charge in [0.25, 0.3) is 0 Å². The normalized spacial score (nSPS) is 11.3. The first-order valence-corrected chi connectivity index (χ1v) is 9.53. The number of hydrogen-bond donors (Lipinski definition) is 1. The summed E-state index contributed by atoms with van der Waals surface area (Å²) >= 11 is 0. The highest BCUT2D eigenvalue weighted by molar-refractivity contribution is 7.90. The number of methoxy groups -OCH3 is 1. The molecule has 8 heteroatoms. The molecular formula is C18H17N3O4S. The number of ether oxygens (including phenoxy) is 1. The molecule has 2 aromatic carbocycles. The molecule has 134 valence electrons. The zero-order valence-electron chi connectivity index (χ0n) is 14.2. The molecule has 0 bridgehead atoms. The van der Waals surface area contributed by atoms with Gasteiger partial charge in [-0.25, -0.2) is 13.1 Å². The van der Waals surface area contributed by atoms with Crippen LogP contribution in [0.15, 0.2) is 59.6 Å². The highest BCUT2D eigenvalue weighted by atomic mass is 32.2. The number of rotatable bonds is 5. The molecule has 0 atom stereocenters. The summed E-state index contributed by atoms with van der Waals surface area (Å²) in [5.41, 5.74) is 7.38. The second-order valence-corrected chi connectivity index (χ2v) is 7.69. The summed E-state index contributed by atoms with van der Waals surface area (Å²) < 4.78 is 29.6. The SMILES string of the molecule is COc1ccc(C(=O)c2cnn(-c3ccc(S(C)(=O)=O)cc3)c2N)cc1. The van der Waals surface area contributed by atoms with E-state index in [1.165, 1.54) is 23.0 Å². The number of nitrogen functional groups attached to an aromatic ring is 1. The number of carbonyl (C=O) groups excluding carboxylic acids is 1. The fourth-order valence-electron chi connectivity index (χ4n) is 2.47. The first kappa shape index (κ1) is 17.7. The Bertz CT molecular complexity index is 1050. The highest BCUT2D eigenvalue weighted by Gasteiger charge is 2.18. The summed E-state index contributed by atoms with van der Waals surface area (Å²) in [4.78, 5) is 12.8. The van der Waals surface area contributed by atoms with Crippen LogP contribution in [-0.2, 0) is 9.84 Å². The summed E-state index contributed by atoms with van der Waals surface area (Å²) in [5, 5.41) is 4.15. The Morgan fingerprint density at radius 3 is 2.23 bits per heavy atom. The van der Waals surface area contributed by atoms with Gasteiger partial charge in [0.05, 0.1) is 29.5 Å². The Labute approximate surface area is 150 Å². The lowest BCUT2D eigenvalue weighted by Gasteiger charge is -2.06. The van der Waals surface area contributed by atoms with Crippen molar-refractivity contribution in [1.29, 1.82) is 0 Å². The summed E-state index contributed by atoms with van der Waals surface area (Å²) in [6.45, 7) is 0. The van der Waals surface area contributed by atoms with E-state index in [4.69, 9.17) is 10.5 Å². The summed E-state index contributed by atoms with van der Waals surface area (Å²) in [7, 11) is -1.74. The maximum atomic E-state index is 12.6. The number of nitrogens with zero attached hydrogens (tertiary/aromatic N) is 2. The van der Waals surface area contributed by atoms with Gasteiger partial charge in [-0.2, -0.15) is 5.10 Å². The van der Waals surface area contributed by atoms with E-state index in [1.54, 1.807) is 43.5 Å². The van der Waals surface area contributed by atoms with Gasteiger partial charge in [-0.3, -0.25) is 4.79 Å². The van der Waals surface area contributed by atoms with E-state index in [0.29, 0.717) is 17.0 Å². The molecular weight excluding hydrogens is 354 g/mol. The van der Waals surface area contributed by atoms with Crippen LogP contribution in [0.4, 0.5) is 5.82 Å². The summed E-state index contributed by atoms with van der Waals surface area (Å²) in [6.07, 6.45) is 2.53. The van der Waals surface area contributed by atoms with Crippen molar-refractivity contribution in [2.24, 2.45) is 0 Å². The minimum Gasteiger partial charge on any atom is -0.497 e. The van der Waals surface area contributed by atoms with Crippen LogP contribution >= 0.6 is 0 Å². The van der Waals surface area contributed by atoms with Crippen LogP contribution in [0.1, 0.15) is 15.9 Å². The second kappa shape index (κ2) is 6.64. The number of carbonyl (C=O) groups is 1. The molecule has 0 radical (unpaired) electrons. The van der Waals surface area contributed by atoms with Gasteiger partial charge in [0.15, 0.2) is 15.6 Å².